The molecule has 6 rings (SSSR count). The second kappa shape index (κ2) is 9.09. The Morgan fingerprint density at radius 3 is 2.55 bits per heavy atom. The quantitative estimate of drug-likeness (QED) is 0.338. The van der Waals surface area contributed by atoms with Gasteiger partial charge in [0.2, 0.25) is 0 Å². The highest BCUT2D eigenvalue weighted by Gasteiger charge is 2.34. The number of aliphatic carboxylic acids is 1. The molecule has 1 aromatic heterocycles. The fourth-order valence-electron chi connectivity index (χ4n) is 5.43. The molecule has 2 fully saturated rings. The predicted octanol–water partition coefficient (Wildman–Crippen LogP) is 4.72. The molecular weight excluding hydrogens is 487 g/mol. The van der Waals surface area contributed by atoms with Crippen molar-refractivity contribution in [1.29, 1.82) is 0 Å². The van der Waals surface area contributed by atoms with Gasteiger partial charge in [0.15, 0.2) is 5.82 Å². The van der Waals surface area contributed by atoms with Crippen molar-refractivity contribution < 1.29 is 24.1 Å². The first-order valence-electron chi connectivity index (χ1n) is 12.8. The van der Waals surface area contributed by atoms with E-state index in [-0.39, 0.29) is 23.9 Å². The molecule has 2 saturated heterocycles. The van der Waals surface area contributed by atoms with Gasteiger partial charge in [0, 0.05) is 36.1 Å². The number of hydrogen-bond acceptors (Lipinski definition) is 7. The van der Waals surface area contributed by atoms with Crippen LogP contribution >= 0.6 is 0 Å². The van der Waals surface area contributed by atoms with Crippen molar-refractivity contribution in [3.63, 3.8) is 0 Å². The van der Waals surface area contributed by atoms with Crippen LogP contribution < -0.4 is 15.0 Å². The summed E-state index contributed by atoms with van der Waals surface area (Å²) in [4.78, 5) is 22.8. The molecule has 2 aliphatic rings. The van der Waals surface area contributed by atoms with Gasteiger partial charge in [-0.1, -0.05) is 30.3 Å². The highest BCUT2D eigenvalue weighted by Crippen LogP contribution is 2.39. The molecule has 2 aliphatic heterocycles. The van der Waals surface area contributed by atoms with E-state index in [4.69, 9.17) is 4.74 Å². The van der Waals surface area contributed by atoms with E-state index in [1.807, 2.05) is 30.3 Å². The van der Waals surface area contributed by atoms with Crippen molar-refractivity contribution in [1.82, 2.24) is 15.3 Å². The number of aromatic hydroxyl groups is 1. The van der Waals surface area contributed by atoms with Crippen LogP contribution in [0.25, 0.3) is 32.8 Å². The van der Waals surface area contributed by atoms with E-state index in [1.165, 1.54) is 0 Å². The fourth-order valence-corrected chi connectivity index (χ4v) is 5.43. The number of fused-ring (bicyclic) bond motifs is 4. The van der Waals surface area contributed by atoms with Crippen LogP contribution in [0.15, 0.2) is 48.5 Å². The lowest BCUT2D eigenvalue weighted by Crippen LogP contribution is -2.51. The maximum atomic E-state index is 16.4. The normalized spacial score (nSPS) is 19.3. The number of benzene rings is 3. The van der Waals surface area contributed by atoms with E-state index in [9.17, 15) is 15.0 Å². The third-order valence-electron chi connectivity index (χ3n) is 7.56. The summed E-state index contributed by atoms with van der Waals surface area (Å²) in [5.41, 5.74) is -0.233. The average Bonchev–Trinajstić information content (AvgIpc) is 3.24. The second-order valence-corrected chi connectivity index (χ2v) is 10.9. The molecule has 3 aromatic carbocycles. The molecule has 3 heterocycles. The van der Waals surface area contributed by atoms with E-state index >= 15 is 4.39 Å². The van der Waals surface area contributed by atoms with Crippen molar-refractivity contribution in [2.24, 2.45) is 5.41 Å². The Morgan fingerprint density at radius 1 is 1.08 bits per heavy atom. The highest BCUT2D eigenvalue weighted by molar-refractivity contribution is 6.01. The molecule has 2 atom stereocenters. The van der Waals surface area contributed by atoms with Crippen LogP contribution in [-0.4, -0.2) is 57.9 Å². The lowest BCUT2D eigenvalue weighted by Gasteiger charge is -2.34. The van der Waals surface area contributed by atoms with E-state index in [0.717, 1.165) is 36.7 Å². The molecule has 4 aromatic rings. The van der Waals surface area contributed by atoms with Crippen LogP contribution in [0.3, 0.4) is 0 Å². The molecule has 9 heteroatoms. The number of anilines is 1. The first-order valence-corrected chi connectivity index (χ1v) is 12.8. The zero-order chi connectivity index (χ0) is 26.6. The number of rotatable bonds is 6. The summed E-state index contributed by atoms with van der Waals surface area (Å²) in [6, 6.07) is 14.8. The molecule has 0 spiro atoms. The topological polar surface area (TPSA) is 108 Å². The Hall–Kier alpha value is -3.98. The molecule has 8 nitrogen and oxygen atoms in total. The van der Waals surface area contributed by atoms with Crippen molar-refractivity contribution >= 4 is 33.5 Å². The number of carboxylic acids is 1. The van der Waals surface area contributed by atoms with Gasteiger partial charge < -0.3 is 25.2 Å². The van der Waals surface area contributed by atoms with Crippen LogP contribution in [0.1, 0.15) is 26.7 Å². The van der Waals surface area contributed by atoms with E-state index in [1.54, 1.807) is 32.0 Å². The molecule has 0 radical (unpaired) electrons. The molecule has 196 valence electrons. The zero-order valence-corrected chi connectivity index (χ0v) is 21.2. The summed E-state index contributed by atoms with van der Waals surface area (Å²) in [5, 5.41) is 25.6. The molecular formula is C29H29FN4O4. The van der Waals surface area contributed by atoms with E-state index in [2.05, 4.69) is 20.2 Å². The smallest absolute Gasteiger partial charge is 0.319 e. The third-order valence-corrected chi connectivity index (χ3v) is 7.56. The molecule has 0 unspecified atom stereocenters. The number of phenols is 1. The number of nitrogens with zero attached hydrogens (tertiary/aromatic N) is 3. The van der Waals surface area contributed by atoms with E-state index in [0.29, 0.717) is 34.4 Å². The van der Waals surface area contributed by atoms with Gasteiger partial charge in [-0.05, 0) is 61.2 Å². The van der Waals surface area contributed by atoms with Gasteiger partial charge in [0.1, 0.15) is 23.7 Å². The molecule has 3 N–H and O–H groups in total. The fraction of sp³-hybridized carbons (Fsp3) is 0.345. The summed E-state index contributed by atoms with van der Waals surface area (Å²) in [5.74, 6) is -0.954. The summed E-state index contributed by atoms with van der Waals surface area (Å²) in [6.45, 7) is 4.39. The Balaban J connectivity index is 1.51. The Morgan fingerprint density at radius 2 is 1.82 bits per heavy atom. The summed E-state index contributed by atoms with van der Waals surface area (Å²) in [6.07, 6.45) is 2.15. The molecule has 2 bridgehead atoms. The van der Waals surface area contributed by atoms with Gasteiger partial charge in [-0.25, -0.2) is 4.39 Å². The Bertz CT molecular complexity index is 1560. The highest BCUT2D eigenvalue weighted by atomic mass is 19.1. The molecule has 0 amide bonds. The number of ether oxygens (including phenoxy) is 1. The van der Waals surface area contributed by atoms with Crippen molar-refractivity contribution in [3.8, 4) is 22.9 Å². The van der Waals surface area contributed by atoms with Gasteiger partial charge in [-0.3, -0.25) is 4.79 Å². The number of nitrogens with one attached hydrogen (secondary N) is 1. The summed E-state index contributed by atoms with van der Waals surface area (Å²) in [7, 11) is 0. The lowest BCUT2D eigenvalue weighted by atomic mass is 9.95. The van der Waals surface area contributed by atoms with Gasteiger partial charge in [0.25, 0.3) is 0 Å². The minimum Gasteiger partial charge on any atom is -0.508 e. The van der Waals surface area contributed by atoms with Gasteiger partial charge in [-0.2, -0.15) is 9.97 Å². The molecule has 0 saturated carbocycles. The number of halogens is 1. The Labute approximate surface area is 219 Å². The number of carboxylic acid groups (broad SMARTS) is 1. The van der Waals surface area contributed by atoms with Gasteiger partial charge in [0.05, 0.1) is 5.41 Å². The lowest BCUT2D eigenvalue weighted by molar-refractivity contribution is -0.148. The number of hydrogen-bond donors (Lipinski definition) is 3. The number of phenolic OH excluding ortho intramolecular Hbond substituents is 1. The Kier molecular flexibility index (Phi) is 5.83. The largest absolute Gasteiger partial charge is 0.508 e. The monoisotopic (exact) mass is 516 g/mol. The maximum Gasteiger partial charge on any atom is 0.319 e. The van der Waals surface area contributed by atoms with Gasteiger partial charge >= 0.3 is 12.0 Å². The average molecular weight is 517 g/mol. The first-order chi connectivity index (χ1) is 18.2. The standard InChI is InChI=1S/C29H29FN4O4/c1-29(2,27(36)37)15-38-28-32-25-22(26(33-28)34-13-17-7-8-18(14-34)31-17)10-9-21(24(25)30)23-12-19(35)11-16-5-3-4-6-20(16)23/h3-6,9-12,17-18,31,35H,7-8,13-15H2,1-2H3,(H,36,37)/t17-,18+. The van der Waals surface area contributed by atoms with Crippen molar-refractivity contribution in [3.05, 3.63) is 54.3 Å². The summed E-state index contributed by atoms with van der Waals surface area (Å²) >= 11 is 0. The van der Waals surface area contributed by atoms with Crippen molar-refractivity contribution in [2.45, 2.75) is 38.8 Å². The predicted molar refractivity (Wildman–Crippen MR) is 143 cm³/mol. The maximum absolute atomic E-state index is 16.4. The minimum absolute atomic E-state index is 0.0396. The van der Waals surface area contributed by atoms with Crippen molar-refractivity contribution in [2.75, 3.05) is 24.6 Å². The van der Waals surface area contributed by atoms with E-state index < -0.39 is 17.2 Å². The number of carbonyl (C=O) groups is 1. The SMILES string of the molecule is CC(C)(COc1nc(N2C[C@H]3CC[C@@H](C2)N3)c2ccc(-c3cc(O)cc4ccccc34)c(F)c2n1)C(=O)O. The number of aromatic nitrogens is 2. The molecule has 0 aliphatic carbocycles. The number of piperazine rings is 1. The van der Waals surface area contributed by atoms with Crippen LogP contribution in [-0.2, 0) is 4.79 Å². The zero-order valence-electron chi connectivity index (χ0n) is 21.2. The van der Waals surface area contributed by atoms with Gasteiger partial charge in [-0.15, -0.1) is 0 Å². The van der Waals surface area contributed by atoms with Crippen LogP contribution in [0.5, 0.6) is 11.8 Å². The second-order valence-electron chi connectivity index (χ2n) is 10.9. The summed E-state index contributed by atoms with van der Waals surface area (Å²) < 4.78 is 22.1. The molecule has 38 heavy (non-hydrogen) atoms. The van der Waals surface area contributed by atoms with Crippen LogP contribution in [0.2, 0.25) is 0 Å². The third kappa shape index (κ3) is 4.26. The van der Waals surface area contributed by atoms with Crippen LogP contribution in [0, 0.1) is 11.2 Å². The first kappa shape index (κ1) is 24.4. The minimum atomic E-state index is -1.17. The van der Waals surface area contributed by atoms with Crippen LogP contribution in [0.4, 0.5) is 10.2 Å².